The molecule has 2 saturated heterocycles. The van der Waals surface area contributed by atoms with Crippen LogP contribution in [0.25, 0.3) is 0 Å². The number of benzene rings is 4. The van der Waals surface area contributed by atoms with Crippen LogP contribution >= 0.6 is 0 Å². The smallest absolute Gasteiger partial charge is 0.268 e. The fourth-order valence-electron chi connectivity index (χ4n) is 9.47. The van der Waals surface area contributed by atoms with Gasteiger partial charge in [0.1, 0.15) is 5.75 Å². The maximum Gasteiger partial charge on any atom is 0.268 e. The van der Waals surface area contributed by atoms with E-state index in [2.05, 4.69) is 48.5 Å². The van der Waals surface area contributed by atoms with Crippen molar-refractivity contribution in [2.75, 3.05) is 30.1 Å². The topological polar surface area (TPSA) is 110 Å². The van der Waals surface area contributed by atoms with E-state index < -0.39 is 13.7 Å². The number of ether oxygens (including phenoxy) is 2. The summed E-state index contributed by atoms with van der Waals surface area (Å²) in [7, 11) is -0.729. The van der Waals surface area contributed by atoms with Gasteiger partial charge in [-0.1, -0.05) is 91.1 Å². The van der Waals surface area contributed by atoms with Gasteiger partial charge in [-0.3, -0.25) is 19.2 Å². The van der Waals surface area contributed by atoms with Gasteiger partial charge in [0.05, 0.1) is 45.2 Å². The lowest BCUT2D eigenvalue weighted by atomic mass is 9.82. The van der Waals surface area contributed by atoms with Crippen LogP contribution in [0.4, 0.5) is 17.1 Å². The molecule has 4 heterocycles. The van der Waals surface area contributed by atoms with Crippen molar-refractivity contribution in [2.24, 2.45) is 5.92 Å². The molecule has 0 aliphatic carbocycles. The Kier molecular flexibility index (Phi) is 9.95. The molecule has 2 fully saturated rings. The molecule has 2 amide bonds. The molecule has 1 N–H and O–H groups in total. The molecule has 3 aliphatic heterocycles. The number of aliphatic hydroxyl groups is 1. The van der Waals surface area contributed by atoms with E-state index in [0.29, 0.717) is 31.6 Å². The van der Waals surface area contributed by atoms with Crippen molar-refractivity contribution < 1.29 is 24.2 Å². The summed E-state index contributed by atoms with van der Waals surface area (Å²) in [6, 6.07) is 34.0. The van der Waals surface area contributed by atoms with Gasteiger partial charge in [0.15, 0.2) is 5.60 Å². The number of carbonyl (C=O) groups excluding carboxylic acids is 2. The zero-order valence-corrected chi connectivity index (χ0v) is 33.0. The van der Waals surface area contributed by atoms with Crippen LogP contribution < -0.4 is 19.7 Å². The molecule has 0 radical (unpaired) electrons. The molecule has 0 bridgehead atoms. The first kappa shape index (κ1) is 36.9. The predicted octanol–water partition coefficient (Wildman–Crippen LogP) is 6.91. The number of aromatic nitrogens is 3. The van der Waals surface area contributed by atoms with Crippen LogP contribution in [0.1, 0.15) is 55.3 Å². The van der Waals surface area contributed by atoms with Crippen LogP contribution in [0.2, 0.25) is 18.6 Å². The Balaban J connectivity index is 1.21. The van der Waals surface area contributed by atoms with Gasteiger partial charge in [0, 0.05) is 48.6 Å². The summed E-state index contributed by atoms with van der Waals surface area (Å²) in [5, 5.41) is 20.6. The van der Waals surface area contributed by atoms with Crippen LogP contribution in [0.3, 0.4) is 0 Å². The highest BCUT2D eigenvalue weighted by Gasteiger charge is 2.66. The highest BCUT2D eigenvalue weighted by atomic mass is 28.3. The molecule has 55 heavy (non-hydrogen) atoms. The number of anilines is 3. The lowest BCUT2D eigenvalue weighted by Crippen LogP contribution is -2.51. The fourth-order valence-corrected chi connectivity index (χ4v) is 13.5. The Morgan fingerprint density at radius 2 is 1.67 bits per heavy atom. The molecule has 5 aromatic rings. The van der Waals surface area contributed by atoms with Gasteiger partial charge < -0.3 is 19.5 Å². The lowest BCUT2D eigenvalue weighted by molar-refractivity contribution is -0.145. The normalized spacial score (nSPS) is 23.0. The second kappa shape index (κ2) is 14.9. The average molecular weight is 756 g/mol. The first-order valence-electron chi connectivity index (χ1n) is 19.4. The summed E-state index contributed by atoms with van der Waals surface area (Å²) in [6.07, 6.45) is 4.55. The number of para-hydroxylation sites is 1. The highest BCUT2D eigenvalue weighted by molar-refractivity contribution is 6.91. The van der Waals surface area contributed by atoms with Crippen molar-refractivity contribution in [1.82, 2.24) is 15.0 Å². The minimum absolute atomic E-state index is 0.0196. The summed E-state index contributed by atoms with van der Waals surface area (Å²) in [5.74, 6) is 0.308. The number of hydrogen-bond donors (Lipinski definition) is 1. The lowest BCUT2D eigenvalue weighted by Gasteiger charge is -2.37. The van der Waals surface area contributed by atoms with Crippen molar-refractivity contribution in [2.45, 2.75) is 75.4 Å². The summed E-state index contributed by atoms with van der Waals surface area (Å²) in [5.41, 5.74) is 3.60. The second-order valence-electron chi connectivity index (χ2n) is 15.7. The quantitative estimate of drug-likeness (QED) is 0.146. The summed E-state index contributed by atoms with van der Waals surface area (Å²) >= 11 is 0. The maximum atomic E-state index is 15.4. The van der Waals surface area contributed by atoms with Gasteiger partial charge in [-0.15, -0.1) is 5.10 Å². The van der Waals surface area contributed by atoms with Crippen LogP contribution in [0.15, 0.2) is 109 Å². The van der Waals surface area contributed by atoms with Crippen molar-refractivity contribution in [1.29, 1.82) is 0 Å². The number of aryl methyl sites for hydroxylation is 1. The number of piperidine rings is 1. The molecule has 5 atom stereocenters. The zero-order chi connectivity index (χ0) is 38.3. The Bertz CT molecular complexity index is 2160. The third-order valence-corrected chi connectivity index (χ3v) is 16.7. The molecule has 11 heteroatoms. The summed E-state index contributed by atoms with van der Waals surface area (Å²) in [4.78, 5) is 32.3. The zero-order valence-electron chi connectivity index (χ0n) is 32.0. The molecule has 1 aromatic heterocycles. The molecule has 10 nitrogen and oxygen atoms in total. The largest absolute Gasteiger partial charge is 0.497 e. The molecule has 284 valence electrons. The van der Waals surface area contributed by atoms with Crippen LogP contribution in [0, 0.1) is 5.92 Å². The van der Waals surface area contributed by atoms with Crippen LogP contribution in [-0.2, 0) is 26.5 Å². The molecular formula is C44H49N5O5Si. The Morgan fingerprint density at radius 1 is 0.945 bits per heavy atom. The van der Waals surface area contributed by atoms with E-state index in [0.717, 1.165) is 46.8 Å². The molecular weight excluding hydrogens is 707 g/mol. The van der Waals surface area contributed by atoms with E-state index in [-0.39, 0.29) is 41.9 Å². The van der Waals surface area contributed by atoms with E-state index in [9.17, 15) is 9.90 Å². The number of amides is 2. The number of hydrogen-bond acceptors (Lipinski definition) is 7. The van der Waals surface area contributed by atoms with E-state index in [1.165, 1.54) is 5.19 Å². The first-order valence-corrected chi connectivity index (χ1v) is 22.5. The number of methoxy groups -OCH3 is 1. The number of fused-ring (bicyclic) bond motifs is 2. The van der Waals surface area contributed by atoms with E-state index in [1.54, 1.807) is 7.11 Å². The van der Waals surface area contributed by atoms with Crippen LogP contribution in [-0.4, -0.2) is 66.4 Å². The minimum atomic E-state index is -2.41. The average Bonchev–Trinajstić information content (AvgIpc) is 3.87. The SMILES string of the molecule is COc1ccc([Si](C)(C)[C@@H]2[C@@H](CCn3cc(C(CO)c4ccccc4)nn3)O[C@]3(C(=O)N(c4ccccc4)c4ccc(N5CCCCC5=O)cc43)[C@H]2C)cc1. The molecule has 8 rings (SSSR count). The van der Waals surface area contributed by atoms with Crippen molar-refractivity contribution >= 4 is 42.1 Å². The van der Waals surface area contributed by atoms with Gasteiger partial charge >= 0.3 is 0 Å². The summed E-state index contributed by atoms with van der Waals surface area (Å²) < 4.78 is 14.8. The van der Waals surface area contributed by atoms with Crippen molar-refractivity contribution in [3.8, 4) is 5.75 Å². The highest BCUT2D eigenvalue weighted by Crippen LogP contribution is 2.61. The fraction of sp³-hybridized carbons (Fsp3) is 0.364. The van der Waals surface area contributed by atoms with E-state index >= 15 is 4.79 Å². The number of nitrogens with zero attached hydrogens (tertiary/aromatic N) is 5. The maximum absolute atomic E-state index is 15.4. The molecule has 1 spiro atoms. The van der Waals surface area contributed by atoms with Gasteiger partial charge in [-0.2, -0.15) is 0 Å². The van der Waals surface area contributed by atoms with Crippen molar-refractivity contribution in [3.05, 3.63) is 126 Å². The Morgan fingerprint density at radius 3 is 2.36 bits per heavy atom. The van der Waals surface area contributed by atoms with Gasteiger partial charge in [-0.25, -0.2) is 0 Å². The Hall–Kier alpha value is -5.10. The van der Waals surface area contributed by atoms with Crippen molar-refractivity contribution in [3.63, 3.8) is 0 Å². The standard InChI is InChI=1S/C44H49N5O5Si/c1-30-42(55(3,4)35-21-19-34(53-2)20-22-35)40(24-26-47-28-38(45-46-47)36(29-50)31-13-7-5-8-14-31)54-44(30)37-27-33(48-25-12-11-17-41(48)51)18-23-39(37)49(43(44)52)32-15-9-6-10-16-32/h5-10,13-16,18-23,27-28,30,36,40,42,50H,11-12,17,24-26,29H2,1-4H3/t30-,36?,40+,42-,44+/m0/s1. The molecule has 4 aromatic carbocycles. The van der Waals surface area contributed by atoms with Gasteiger partial charge in [0.2, 0.25) is 5.91 Å². The summed E-state index contributed by atoms with van der Waals surface area (Å²) in [6.45, 7) is 8.04. The number of carbonyl (C=O) groups is 2. The van der Waals surface area contributed by atoms with E-state index in [4.69, 9.17) is 9.47 Å². The monoisotopic (exact) mass is 755 g/mol. The minimum Gasteiger partial charge on any atom is -0.497 e. The second-order valence-corrected chi connectivity index (χ2v) is 20.4. The predicted molar refractivity (Wildman–Crippen MR) is 216 cm³/mol. The van der Waals surface area contributed by atoms with Gasteiger partial charge in [0.25, 0.3) is 5.91 Å². The molecule has 0 saturated carbocycles. The number of rotatable bonds is 11. The molecule has 3 aliphatic rings. The third-order valence-electron chi connectivity index (χ3n) is 12.3. The third kappa shape index (κ3) is 6.37. The number of aliphatic hydroxyl groups excluding tert-OH is 1. The first-order chi connectivity index (χ1) is 26.7. The van der Waals surface area contributed by atoms with E-state index in [1.807, 2.05) is 106 Å². The van der Waals surface area contributed by atoms with Gasteiger partial charge in [-0.05, 0) is 72.8 Å². The Labute approximate surface area is 323 Å². The van der Waals surface area contributed by atoms with Crippen LogP contribution in [0.5, 0.6) is 5.75 Å². The molecule has 1 unspecified atom stereocenters.